The number of aryl methyl sites for hydroxylation is 2. The van der Waals surface area contributed by atoms with Crippen LogP contribution in [0.1, 0.15) is 24.4 Å². The Labute approximate surface area is 97.1 Å². The van der Waals surface area contributed by atoms with Crippen molar-refractivity contribution < 1.29 is 0 Å². The lowest BCUT2D eigenvalue weighted by molar-refractivity contribution is 0.260. The molecule has 88 valence electrons. The standard InChI is InChI=1S/C12H20N4/c1-9-7-12(14-10(2)13-9)15-11-5-4-6-16(3)8-11/h7,11H,4-6,8H2,1-3H3,(H,13,14,15). The van der Waals surface area contributed by atoms with E-state index in [1.165, 1.54) is 19.4 Å². The highest BCUT2D eigenvalue weighted by molar-refractivity contribution is 5.37. The van der Waals surface area contributed by atoms with Crippen LogP contribution in [0.3, 0.4) is 0 Å². The Bertz CT molecular complexity index is 344. The summed E-state index contributed by atoms with van der Waals surface area (Å²) in [5, 5.41) is 3.50. The van der Waals surface area contributed by atoms with Crippen molar-refractivity contribution in [2.24, 2.45) is 0 Å². The van der Waals surface area contributed by atoms with Crippen LogP contribution in [0.4, 0.5) is 5.82 Å². The van der Waals surface area contributed by atoms with Gasteiger partial charge in [0.2, 0.25) is 0 Å². The van der Waals surface area contributed by atoms with Crippen LogP contribution in [-0.2, 0) is 0 Å². The van der Waals surface area contributed by atoms with Gasteiger partial charge in [-0.25, -0.2) is 9.97 Å². The van der Waals surface area contributed by atoms with Crippen LogP contribution in [0.5, 0.6) is 0 Å². The first-order valence-corrected chi connectivity index (χ1v) is 5.91. The van der Waals surface area contributed by atoms with Crippen molar-refractivity contribution in [3.8, 4) is 0 Å². The number of likely N-dealkylation sites (tertiary alicyclic amines) is 1. The van der Waals surface area contributed by atoms with Crippen molar-refractivity contribution in [2.75, 3.05) is 25.5 Å². The zero-order valence-electron chi connectivity index (χ0n) is 10.3. The molecule has 0 aliphatic carbocycles. The van der Waals surface area contributed by atoms with Crippen LogP contribution in [0.15, 0.2) is 6.07 Å². The van der Waals surface area contributed by atoms with Crippen LogP contribution in [0.2, 0.25) is 0 Å². The molecule has 1 aliphatic heterocycles. The first kappa shape index (κ1) is 11.3. The maximum Gasteiger partial charge on any atom is 0.130 e. The number of nitrogens with zero attached hydrogens (tertiary/aromatic N) is 3. The lowest BCUT2D eigenvalue weighted by atomic mass is 10.1. The molecule has 0 bridgehead atoms. The fourth-order valence-corrected chi connectivity index (χ4v) is 2.28. The van der Waals surface area contributed by atoms with Crippen molar-refractivity contribution in [3.63, 3.8) is 0 Å². The summed E-state index contributed by atoms with van der Waals surface area (Å²) in [5.41, 5.74) is 1.03. The van der Waals surface area contributed by atoms with Gasteiger partial charge in [-0.3, -0.25) is 0 Å². The number of aromatic nitrogens is 2. The lowest BCUT2D eigenvalue weighted by Gasteiger charge is -2.30. The Balaban J connectivity index is 2.02. The number of rotatable bonds is 2. The first-order chi connectivity index (χ1) is 7.63. The van der Waals surface area contributed by atoms with Crippen molar-refractivity contribution in [1.82, 2.24) is 14.9 Å². The Kier molecular flexibility index (Phi) is 3.39. The van der Waals surface area contributed by atoms with E-state index in [1.54, 1.807) is 0 Å². The van der Waals surface area contributed by atoms with E-state index >= 15 is 0 Å². The molecule has 2 heterocycles. The van der Waals surface area contributed by atoms with Gasteiger partial charge in [0.15, 0.2) is 0 Å². The zero-order valence-corrected chi connectivity index (χ0v) is 10.3. The summed E-state index contributed by atoms with van der Waals surface area (Å²) in [5.74, 6) is 1.80. The summed E-state index contributed by atoms with van der Waals surface area (Å²) in [6, 6.07) is 2.54. The molecule has 0 amide bonds. The number of hydrogen-bond acceptors (Lipinski definition) is 4. The highest BCUT2D eigenvalue weighted by Gasteiger charge is 2.17. The van der Waals surface area contributed by atoms with E-state index in [0.717, 1.165) is 23.9 Å². The topological polar surface area (TPSA) is 41.0 Å². The van der Waals surface area contributed by atoms with E-state index < -0.39 is 0 Å². The van der Waals surface area contributed by atoms with Gasteiger partial charge in [0.05, 0.1) is 0 Å². The number of anilines is 1. The molecule has 1 aromatic heterocycles. The monoisotopic (exact) mass is 220 g/mol. The Hall–Kier alpha value is -1.16. The molecular formula is C12H20N4. The minimum atomic E-state index is 0.521. The predicted molar refractivity (Wildman–Crippen MR) is 65.6 cm³/mol. The summed E-state index contributed by atoms with van der Waals surface area (Å²) >= 11 is 0. The van der Waals surface area contributed by atoms with E-state index in [2.05, 4.69) is 27.2 Å². The van der Waals surface area contributed by atoms with Gasteiger partial charge in [0, 0.05) is 24.3 Å². The van der Waals surface area contributed by atoms with Crippen molar-refractivity contribution >= 4 is 5.82 Å². The van der Waals surface area contributed by atoms with Gasteiger partial charge in [-0.05, 0) is 40.3 Å². The van der Waals surface area contributed by atoms with Gasteiger partial charge in [-0.2, -0.15) is 0 Å². The quantitative estimate of drug-likeness (QED) is 0.822. The largest absolute Gasteiger partial charge is 0.366 e. The van der Waals surface area contributed by atoms with Crippen LogP contribution in [0.25, 0.3) is 0 Å². The minimum absolute atomic E-state index is 0.521. The fraction of sp³-hybridized carbons (Fsp3) is 0.667. The number of likely N-dealkylation sites (N-methyl/N-ethyl adjacent to an activating group) is 1. The molecule has 1 aliphatic rings. The number of nitrogens with one attached hydrogen (secondary N) is 1. The summed E-state index contributed by atoms with van der Waals surface area (Å²) in [4.78, 5) is 11.1. The lowest BCUT2D eigenvalue weighted by Crippen LogP contribution is -2.39. The molecular weight excluding hydrogens is 200 g/mol. The maximum atomic E-state index is 4.41. The average molecular weight is 220 g/mol. The van der Waals surface area contributed by atoms with E-state index in [0.29, 0.717) is 6.04 Å². The highest BCUT2D eigenvalue weighted by atomic mass is 15.2. The van der Waals surface area contributed by atoms with Crippen LogP contribution in [0, 0.1) is 13.8 Å². The second-order valence-corrected chi connectivity index (χ2v) is 4.69. The smallest absolute Gasteiger partial charge is 0.130 e. The van der Waals surface area contributed by atoms with Gasteiger partial charge in [0.1, 0.15) is 11.6 Å². The van der Waals surface area contributed by atoms with Crippen molar-refractivity contribution in [3.05, 3.63) is 17.6 Å². The molecule has 1 N–H and O–H groups in total. The maximum absolute atomic E-state index is 4.41. The third kappa shape index (κ3) is 2.92. The first-order valence-electron chi connectivity index (χ1n) is 5.91. The summed E-state index contributed by atoms with van der Waals surface area (Å²) < 4.78 is 0. The number of piperidine rings is 1. The second-order valence-electron chi connectivity index (χ2n) is 4.69. The van der Waals surface area contributed by atoms with E-state index in [4.69, 9.17) is 0 Å². The molecule has 2 rings (SSSR count). The molecule has 16 heavy (non-hydrogen) atoms. The van der Waals surface area contributed by atoms with Gasteiger partial charge in [-0.1, -0.05) is 0 Å². The third-order valence-electron chi connectivity index (χ3n) is 2.94. The van der Waals surface area contributed by atoms with Gasteiger partial charge in [-0.15, -0.1) is 0 Å². The Morgan fingerprint density at radius 2 is 2.19 bits per heavy atom. The molecule has 1 fully saturated rings. The molecule has 0 spiro atoms. The highest BCUT2D eigenvalue weighted by Crippen LogP contribution is 2.14. The van der Waals surface area contributed by atoms with Crippen molar-refractivity contribution in [1.29, 1.82) is 0 Å². The SMILES string of the molecule is Cc1cc(NC2CCCN(C)C2)nc(C)n1. The van der Waals surface area contributed by atoms with E-state index in [-0.39, 0.29) is 0 Å². The van der Waals surface area contributed by atoms with Crippen LogP contribution >= 0.6 is 0 Å². The normalized spacial score (nSPS) is 22.1. The summed E-state index contributed by atoms with van der Waals surface area (Å²) in [7, 11) is 2.17. The Morgan fingerprint density at radius 3 is 2.88 bits per heavy atom. The fourth-order valence-electron chi connectivity index (χ4n) is 2.28. The van der Waals surface area contributed by atoms with Crippen LogP contribution in [-0.4, -0.2) is 41.0 Å². The molecule has 4 heteroatoms. The molecule has 1 saturated heterocycles. The summed E-state index contributed by atoms with van der Waals surface area (Å²) in [6.45, 7) is 6.25. The minimum Gasteiger partial charge on any atom is -0.366 e. The van der Waals surface area contributed by atoms with Crippen LogP contribution < -0.4 is 5.32 Å². The molecule has 4 nitrogen and oxygen atoms in total. The third-order valence-corrected chi connectivity index (χ3v) is 2.94. The van der Waals surface area contributed by atoms with Gasteiger partial charge >= 0.3 is 0 Å². The average Bonchev–Trinajstić information content (AvgIpc) is 2.15. The summed E-state index contributed by atoms with van der Waals surface area (Å²) in [6.07, 6.45) is 2.49. The molecule has 1 aromatic rings. The van der Waals surface area contributed by atoms with E-state index in [9.17, 15) is 0 Å². The molecule has 0 saturated carbocycles. The number of hydrogen-bond donors (Lipinski definition) is 1. The van der Waals surface area contributed by atoms with Crippen molar-refractivity contribution in [2.45, 2.75) is 32.7 Å². The zero-order chi connectivity index (χ0) is 11.5. The van der Waals surface area contributed by atoms with Gasteiger partial charge in [0.25, 0.3) is 0 Å². The second kappa shape index (κ2) is 4.78. The molecule has 0 radical (unpaired) electrons. The predicted octanol–water partition coefficient (Wildman–Crippen LogP) is 1.60. The molecule has 0 aromatic carbocycles. The Morgan fingerprint density at radius 1 is 1.38 bits per heavy atom. The molecule has 1 unspecified atom stereocenters. The van der Waals surface area contributed by atoms with E-state index in [1.807, 2.05) is 19.9 Å². The molecule has 1 atom stereocenters. The van der Waals surface area contributed by atoms with Gasteiger partial charge < -0.3 is 10.2 Å².